The molecule has 24 heavy (non-hydrogen) atoms. The van der Waals surface area contributed by atoms with Crippen molar-refractivity contribution >= 4 is 17.2 Å². The highest BCUT2D eigenvalue weighted by atomic mass is 16.5. The van der Waals surface area contributed by atoms with E-state index in [1.54, 1.807) is 18.7 Å². The standard InChI is InChI=1S/C17H18N4O3/c1-19-13-14(20(2)17(23)21(3)15(13)22)18-16(19)24-11-7-10-12-8-5-4-6-9-12/h4-10H,11H2,1-3H3. The topological polar surface area (TPSA) is 71.1 Å². The van der Waals surface area contributed by atoms with Crippen LogP contribution in [0.25, 0.3) is 17.2 Å². The maximum Gasteiger partial charge on any atom is 0.332 e. The fourth-order valence-corrected chi connectivity index (χ4v) is 2.50. The van der Waals surface area contributed by atoms with Crippen LogP contribution in [0.5, 0.6) is 6.01 Å². The number of fused-ring (bicyclic) bond motifs is 1. The van der Waals surface area contributed by atoms with E-state index < -0.39 is 11.2 Å². The van der Waals surface area contributed by atoms with E-state index >= 15 is 0 Å². The lowest BCUT2D eigenvalue weighted by atomic mass is 10.2. The van der Waals surface area contributed by atoms with Crippen LogP contribution in [-0.4, -0.2) is 25.3 Å². The van der Waals surface area contributed by atoms with Gasteiger partial charge in [-0.3, -0.25) is 18.5 Å². The number of aromatic nitrogens is 4. The Kier molecular flexibility index (Phi) is 4.07. The van der Waals surface area contributed by atoms with Gasteiger partial charge < -0.3 is 4.74 Å². The predicted octanol–water partition coefficient (Wildman–Crippen LogP) is 1.06. The van der Waals surface area contributed by atoms with Crippen molar-refractivity contribution in [3.8, 4) is 6.01 Å². The molecule has 0 unspecified atom stereocenters. The lowest BCUT2D eigenvalue weighted by Crippen LogP contribution is -2.37. The summed E-state index contributed by atoms with van der Waals surface area (Å²) in [7, 11) is 4.72. The molecule has 0 aliphatic heterocycles. The second-order valence-electron chi connectivity index (χ2n) is 5.46. The lowest BCUT2D eigenvalue weighted by molar-refractivity contribution is 0.324. The van der Waals surface area contributed by atoms with Crippen LogP contribution in [0.15, 0.2) is 46.0 Å². The fraction of sp³-hybridized carbons (Fsp3) is 0.235. The minimum atomic E-state index is -0.416. The maximum absolute atomic E-state index is 12.3. The molecule has 3 aromatic rings. The molecule has 0 radical (unpaired) electrons. The second-order valence-corrected chi connectivity index (χ2v) is 5.46. The van der Waals surface area contributed by atoms with Gasteiger partial charge >= 0.3 is 5.69 Å². The van der Waals surface area contributed by atoms with Gasteiger partial charge in [-0.1, -0.05) is 36.4 Å². The summed E-state index contributed by atoms with van der Waals surface area (Å²) in [6, 6.07) is 10.2. The molecule has 0 fully saturated rings. The van der Waals surface area contributed by atoms with Crippen LogP contribution in [0.1, 0.15) is 5.56 Å². The van der Waals surface area contributed by atoms with Crippen LogP contribution in [-0.2, 0) is 21.1 Å². The molecule has 0 aliphatic rings. The summed E-state index contributed by atoms with van der Waals surface area (Å²) in [5.74, 6) is 0. The summed E-state index contributed by atoms with van der Waals surface area (Å²) in [6.07, 6.45) is 3.81. The zero-order valence-electron chi connectivity index (χ0n) is 13.8. The van der Waals surface area contributed by atoms with E-state index in [4.69, 9.17) is 4.74 Å². The van der Waals surface area contributed by atoms with Crippen molar-refractivity contribution < 1.29 is 4.74 Å². The van der Waals surface area contributed by atoms with E-state index in [2.05, 4.69) is 4.98 Å². The number of hydrogen-bond donors (Lipinski definition) is 0. The summed E-state index contributed by atoms with van der Waals surface area (Å²) in [4.78, 5) is 28.5. The van der Waals surface area contributed by atoms with E-state index in [1.807, 2.05) is 42.5 Å². The van der Waals surface area contributed by atoms with Crippen molar-refractivity contribution in [2.24, 2.45) is 21.1 Å². The third-order valence-electron chi connectivity index (χ3n) is 3.85. The van der Waals surface area contributed by atoms with Crippen molar-refractivity contribution in [1.29, 1.82) is 0 Å². The Bertz CT molecular complexity index is 1030. The lowest BCUT2D eigenvalue weighted by Gasteiger charge is -2.03. The molecular weight excluding hydrogens is 308 g/mol. The Morgan fingerprint density at radius 1 is 1.04 bits per heavy atom. The highest BCUT2D eigenvalue weighted by molar-refractivity contribution is 5.71. The molecule has 1 aromatic carbocycles. The van der Waals surface area contributed by atoms with Crippen LogP contribution in [0.2, 0.25) is 0 Å². The second kappa shape index (κ2) is 6.19. The Balaban J connectivity index is 1.89. The highest BCUT2D eigenvalue weighted by Crippen LogP contribution is 2.15. The normalized spacial score (nSPS) is 11.5. The van der Waals surface area contributed by atoms with Gasteiger partial charge in [-0.25, -0.2) is 4.79 Å². The predicted molar refractivity (Wildman–Crippen MR) is 92.2 cm³/mol. The monoisotopic (exact) mass is 326 g/mol. The van der Waals surface area contributed by atoms with Crippen LogP contribution in [0.4, 0.5) is 0 Å². The third kappa shape index (κ3) is 2.64. The Morgan fingerprint density at radius 3 is 2.46 bits per heavy atom. The minimum absolute atomic E-state index is 0.293. The first-order chi connectivity index (χ1) is 11.5. The number of aryl methyl sites for hydroxylation is 2. The van der Waals surface area contributed by atoms with Gasteiger partial charge in [0, 0.05) is 21.1 Å². The molecule has 0 atom stereocenters. The SMILES string of the molecule is Cn1c(=O)c2c(nc(OCC=Cc3ccccc3)n2C)n(C)c1=O. The summed E-state index contributed by atoms with van der Waals surface area (Å²) in [5, 5.41) is 0. The van der Waals surface area contributed by atoms with E-state index in [1.165, 1.54) is 11.6 Å². The van der Waals surface area contributed by atoms with E-state index in [-0.39, 0.29) is 0 Å². The van der Waals surface area contributed by atoms with E-state index in [9.17, 15) is 9.59 Å². The third-order valence-corrected chi connectivity index (χ3v) is 3.85. The first-order valence-electron chi connectivity index (χ1n) is 7.47. The molecule has 3 rings (SSSR count). The van der Waals surface area contributed by atoms with Gasteiger partial charge in [-0.15, -0.1) is 0 Å². The van der Waals surface area contributed by atoms with Gasteiger partial charge in [0.25, 0.3) is 11.6 Å². The number of benzene rings is 1. The van der Waals surface area contributed by atoms with Gasteiger partial charge in [0.05, 0.1) is 0 Å². The first kappa shape index (κ1) is 15.8. The summed E-state index contributed by atoms with van der Waals surface area (Å²) in [6.45, 7) is 0.306. The molecule has 0 saturated heterocycles. The molecule has 2 heterocycles. The number of hydrogen-bond acceptors (Lipinski definition) is 4. The Morgan fingerprint density at radius 2 is 1.75 bits per heavy atom. The van der Waals surface area contributed by atoms with Gasteiger partial charge in [-0.2, -0.15) is 4.98 Å². The first-order valence-corrected chi connectivity index (χ1v) is 7.47. The molecular formula is C17H18N4O3. The van der Waals surface area contributed by atoms with Crippen molar-refractivity contribution in [2.75, 3.05) is 6.61 Å². The number of imidazole rings is 1. The Hall–Kier alpha value is -3.09. The molecule has 2 aromatic heterocycles. The van der Waals surface area contributed by atoms with E-state index in [0.29, 0.717) is 23.8 Å². The Labute approximate surface area is 138 Å². The van der Waals surface area contributed by atoms with E-state index in [0.717, 1.165) is 10.1 Å². The number of nitrogens with zero attached hydrogens (tertiary/aromatic N) is 4. The van der Waals surface area contributed by atoms with Crippen LogP contribution < -0.4 is 16.0 Å². The summed E-state index contributed by atoms with van der Waals surface area (Å²) >= 11 is 0. The fourth-order valence-electron chi connectivity index (χ4n) is 2.50. The highest BCUT2D eigenvalue weighted by Gasteiger charge is 2.17. The van der Waals surface area contributed by atoms with Crippen LogP contribution >= 0.6 is 0 Å². The largest absolute Gasteiger partial charge is 0.460 e. The molecule has 124 valence electrons. The molecule has 7 nitrogen and oxygen atoms in total. The van der Waals surface area contributed by atoms with Gasteiger partial charge in [0.2, 0.25) is 0 Å². The van der Waals surface area contributed by atoms with Crippen molar-refractivity contribution in [3.05, 3.63) is 62.8 Å². The molecule has 0 saturated carbocycles. The molecule has 0 aliphatic carbocycles. The zero-order chi connectivity index (χ0) is 17.3. The number of ether oxygens (including phenoxy) is 1. The molecule has 0 amide bonds. The van der Waals surface area contributed by atoms with Crippen LogP contribution in [0.3, 0.4) is 0 Å². The van der Waals surface area contributed by atoms with Gasteiger partial charge in [0.1, 0.15) is 6.61 Å². The molecule has 7 heteroatoms. The quantitative estimate of drug-likeness (QED) is 0.719. The summed E-state index contributed by atoms with van der Waals surface area (Å²) in [5.41, 5.74) is 0.913. The van der Waals surface area contributed by atoms with Gasteiger partial charge in [0.15, 0.2) is 11.2 Å². The maximum atomic E-state index is 12.3. The molecule has 0 N–H and O–H groups in total. The average molecular weight is 326 g/mol. The minimum Gasteiger partial charge on any atom is -0.460 e. The smallest absolute Gasteiger partial charge is 0.332 e. The van der Waals surface area contributed by atoms with Crippen molar-refractivity contribution in [1.82, 2.24) is 18.7 Å². The van der Waals surface area contributed by atoms with Crippen molar-refractivity contribution in [3.63, 3.8) is 0 Å². The van der Waals surface area contributed by atoms with Crippen molar-refractivity contribution in [2.45, 2.75) is 0 Å². The average Bonchev–Trinajstić information content (AvgIpc) is 2.93. The zero-order valence-corrected chi connectivity index (χ0v) is 13.8. The molecule has 0 bridgehead atoms. The van der Waals surface area contributed by atoms with Crippen LogP contribution in [0, 0.1) is 0 Å². The molecule has 0 spiro atoms. The number of rotatable bonds is 4. The summed E-state index contributed by atoms with van der Waals surface area (Å²) < 4.78 is 9.59. The van der Waals surface area contributed by atoms with Gasteiger partial charge in [-0.05, 0) is 11.6 Å².